The fraction of sp³-hybridized carbons (Fsp3) is 0.0169. The van der Waals surface area contributed by atoms with Crippen LogP contribution in [-0.4, -0.2) is 9.13 Å². The van der Waals surface area contributed by atoms with Gasteiger partial charge in [-0.15, -0.1) is 0 Å². The molecule has 0 aliphatic heterocycles. The molecule has 0 fully saturated rings. The first-order valence-corrected chi connectivity index (χ1v) is 21.2. The summed E-state index contributed by atoms with van der Waals surface area (Å²) in [4.78, 5) is 0. The fourth-order valence-corrected chi connectivity index (χ4v) is 10.9. The van der Waals surface area contributed by atoms with Crippen LogP contribution < -0.4 is 0 Å². The quantitative estimate of drug-likeness (QED) is 0.165. The van der Waals surface area contributed by atoms with Gasteiger partial charge in [0.05, 0.1) is 33.2 Å². The van der Waals surface area contributed by atoms with E-state index in [9.17, 15) is 0 Å². The highest BCUT2D eigenvalue weighted by atomic mass is 15.0. The molecule has 2 heterocycles. The molecule has 1 aliphatic rings. The molecule has 1 aliphatic carbocycles. The molecule has 2 heteroatoms. The molecule has 0 spiro atoms. The summed E-state index contributed by atoms with van der Waals surface area (Å²) in [5, 5.41) is 7.48. The Morgan fingerprint density at radius 2 is 0.885 bits per heavy atom. The number of nitrogens with zero attached hydrogens (tertiary/aromatic N) is 2. The number of fused-ring (bicyclic) bond motifs is 11. The number of aromatic nitrogens is 2. The van der Waals surface area contributed by atoms with Crippen LogP contribution in [0, 0.1) is 0 Å². The highest BCUT2D eigenvalue weighted by Crippen LogP contribution is 2.58. The molecule has 0 bridgehead atoms. The number of para-hydroxylation sites is 2. The number of benzene rings is 10. The maximum absolute atomic E-state index is 2.51. The summed E-state index contributed by atoms with van der Waals surface area (Å²) < 4.78 is 4.95. The molecule has 2 aromatic heterocycles. The predicted octanol–water partition coefficient (Wildman–Crippen LogP) is 15.1. The van der Waals surface area contributed by atoms with Crippen molar-refractivity contribution >= 4 is 54.4 Å². The third-order valence-corrected chi connectivity index (χ3v) is 13.4. The lowest BCUT2D eigenvalue weighted by atomic mass is 9.67. The van der Waals surface area contributed by atoms with Crippen LogP contribution in [0.5, 0.6) is 0 Å². The molecule has 0 saturated heterocycles. The van der Waals surface area contributed by atoms with Crippen LogP contribution in [0.1, 0.15) is 22.3 Å². The van der Waals surface area contributed by atoms with Gasteiger partial charge in [0.25, 0.3) is 0 Å². The van der Waals surface area contributed by atoms with Gasteiger partial charge in [-0.3, -0.25) is 0 Å². The Labute approximate surface area is 353 Å². The summed E-state index contributed by atoms with van der Waals surface area (Å²) >= 11 is 0. The normalized spacial score (nSPS) is 13.0. The summed E-state index contributed by atoms with van der Waals surface area (Å²) in [5.41, 5.74) is 16.9. The number of hydrogen-bond donors (Lipinski definition) is 0. The molecule has 0 amide bonds. The second-order valence-corrected chi connectivity index (χ2v) is 16.4. The minimum absolute atomic E-state index is 0.480. The van der Waals surface area contributed by atoms with Gasteiger partial charge in [0, 0.05) is 38.2 Å². The molecule has 61 heavy (non-hydrogen) atoms. The van der Waals surface area contributed by atoms with Crippen molar-refractivity contribution < 1.29 is 0 Å². The Hall–Kier alpha value is -7.94. The van der Waals surface area contributed by atoms with Crippen molar-refractivity contribution in [2.45, 2.75) is 5.41 Å². The summed E-state index contributed by atoms with van der Waals surface area (Å²) in [6, 6.07) is 85.3. The van der Waals surface area contributed by atoms with Crippen molar-refractivity contribution in [2.24, 2.45) is 0 Å². The van der Waals surface area contributed by atoms with Gasteiger partial charge in [-0.2, -0.15) is 0 Å². The lowest BCUT2D eigenvalue weighted by Crippen LogP contribution is -2.28. The molecule has 10 aromatic carbocycles. The first-order valence-electron chi connectivity index (χ1n) is 21.2. The number of hydrogen-bond acceptors (Lipinski definition) is 0. The Morgan fingerprint density at radius 3 is 1.62 bits per heavy atom. The van der Waals surface area contributed by atoms with Gasteiger partial charge in [-0.05, 0) is 92.9 Å². The van der Waals surface area contributed by atoms with Crippen LogP contribution >= 0.6 is 0 Å². The van der Waals surface area contributed by atoms with Crippen LogP contribution in [0.2, 0.25) is 0 Å². The van der Waals surface area contributed by atoms with Gasteiger partial charge in [0.1, 0.15) is 0 Å². The SMILES string of the molecule is c1ccc(-n2c3ccc(-c4ccc5c(c4)c4ccccc4n5-c4cccc5ccccc45)cc3c3ccc4c(c32)-c2ccccc2C4(c2ccccc2)c2ccccc2)cc1. The smallest absolute Gasteiger partial charge is 0.0714 e. The molecular weight excluding hydrogens is 737 g/mol. The maximum Gasteiger partial charge on any atom is 0.0714 e. The second kappa shape index (κ2) is 13.0. The molecule has 284 valence electrons. The van der Waals surface area contributed by atoms with Gasteiger partial charge in [0.2, 0.25) is 0 Å². The Bertz CT molecular complexity index is 3640. The van der Waals surface area contributed by atoms with E-state index in [-0.39, 0.29) is 0 Å². The van der Waals surface area contributed by atoms with E-state index in [1.807, 2.05) is 0 Å². The number of rotatable bonds is 5. The van der Waals surface area contributed by atoms with Gasteiger partial charge in [-0.25, -0.2) is 0 Å². The zero-order valence-electron chi connectivity index (χ0n) is 33.3. The molecule has 0 unspecified atom stereocenters. The Balaban J connectivity index is 1.08. The topological polar surface area (TPSA) is 9.86 Å². The zero-order chi connectivity index (χ0) is 40.1. The summed E-state index contributed by atoms with van der Waals surface area (Å²) in [6.45, 7) is 0. The van der Waals surface area contributed by atoms with Crippen LogP contribution in [0.4, 0.5) is 0 Å². The average Bonchev–Trinajstić information content (AvgIpc) is 3.96. The van der Waals surface area contributed by atoms with Gasteiger partial charge in [-0.1, -0.05) is 182 Å². The van der Waals surface area contributed by atoms with Crippen molar-refractivity contribution in [1.82, 2.24) is 9.13 Å². The molecular formula is C59H38N2. The van der Waals surface area contributed by atoms with Crippen LogP contribution in [0.3, 0.4) is 0 Å². The minimum atomic E-state index is -0.480. The van der Waals surface area contributed by atoms with E-state index in [1.165, 1.54) is 105 Å². The molecule has 0 radical (unpaired) electrons. The lowest BCUT2D eigenvalue weighted by molar-refractivity contribution is 0.769. The van der Waals surface area contributed by atoms with E-state index in [4.69, 9.17) is 0 Å². The third kappa shape index (κ3) is 4.73. The molecule has 13 rings (SSSR count). The molecule has 0 N–H and O–H groups in total. The third-order valence-electron chi connectivity index (χ3n) is 13.4. The van der Waals surface area contributed by atoms with Crippen molar-refractivity contribution in [3.8, 4) is 33.6 Å². The largest absolute Gasteiger partial charge is 0.309 e. The Kier molecular flexibility index (Phi) is 7.26. The zero-order valence-corrected chi connectivity index (χ0v) is 33.3. The fourth-order valence-electron chi connectivity index (χ4n) is 10.9. The van der Waals surface area contributed by atoms with Gasteiger partial charge < -0.3 is 9.13 Å². The van der Waals surface area contributed by atoms with Crippen LogP contribution in [0.25, 0.3) is 88.0 Å². The first kappa shape index (κ1) is 34.0. The van der Waals surface area contributed by atoms with Crippen LogP contribution in [0.15, 0.2) is 231 Å². The van der Waals surface area contributed by atoms with E-state index in [0.717, 1.165) is 5.69 Å². The summed E-state index contributed by atoms with van der Waals surface area (Å²) in [7, 11) is 0. The summed E-state index contributed by atoms with van der Waals surface area (Å²) in [6.07, 6.45) is 0. The molecule has 12 aromatic rings. The molecule has 0 saturated carbocycles. The molecule has 0 atom stereocenters. The van der Waals surface area contributed by atoms with Crippen molar-refractivity contribution in [2.75, 3.05) is 0 Å². The average molecular weight is 775 g/mol. The first-order chi connectivity index (χ1) is 30.3. The van der Waals surface area contributed by atoms with Gasteiger partial charge >= 0.3 is 0 Å². The second-order valence-electron chi connectivity index (χ2n) is 16.4. The maximum atomic E-state index is 2.51. The standard InChI is InChI=1S/C59H38N2/c1-4-19-42(20-5-1)59(43-21-6-2-7-22-43)51-28-14-12-27-48(51)57-52(59)34-33-47-50-38-41(31-35-55(50)60(58(47)57)44-23-8-3-9-24-44)40-32-36-56-49(37-40)46-26-13-15-29-54(46)61(56)53-30-16-18-39-17-10-11-25-45(39)53/h1-38H. The molecule has 2 nitrogen and oxygen atoms in total. The van der Waals surface area contributed by atoms with Gasteiger partial charge in [0.15, 0.2) is 0 Å². The highest BCUT2D eigenvalue weighted by molar-refractivity contribution is 6.17. The van der Waals surface area contributed by atoms with Crippen LogP contribution in [-0.2, 0) is 5.41 Å². The summed E-state index contributed by atoms with van der Waals surface area (Å²) in [5.74, 6) is 0. The minimum Gasteiger partial charge on any atom is -0.309 e. The highest BCUT2D eigenvalue weighted by Gasteiger charge is 2.47. The van der Waals surface area contributed by atoms with E-state index in [0.29, 0.717) is 0 Å². The van der Waals surface area contributed by atoms with Crippen molar-refractivity contribution in [1.29, 1.82) is 0 Å². The van der Waals surface area contributed by atoms with E-state index in [1.54, 1.807) is 0 Å². The predicted molar refractivity (Wildman–Crippen MR) is 255 cm³/mol. The van der Waals surface area contributed by atoms with E-state index in [2.05, 4.69) is 240 Å². The van der Waals surface area contributed by atoms with Crippen molar-refractivity contribution in [3.63, 3.8) is 0 Å². The van der Waals surface area contributed by atoms with Crippen molar-refractivity contribution in [3.05, 3.63) is 253 Å². The van der Waals surface area contributed by atoms with E-state index >= 15 is 0 Å². The Morgan fingerprint density at radius 1 is 0.328 bits per heavy atom. The lowest BCUT2D eigenvalue weighted by Gasteiger charge is -2.33. The van der Waals surface area contributed by atoms with E-state index < -0.39 is 5.41 Å². The monoisotopic (exact) mass is 774 g/mol.